The minimum absolute atomic E-state index is 0.0354. The fraction of sp³-hybridized carbons (Fsp3) is 0.400. The molecule has 0 saturated heterocycles. The van der Waals surface area contributed by atoms with Crippen LogP contribution < -0.4 is 5.73 Å². The molecule has 0 spiro atoms. The molecule has 1 atom stereocenters. The van der Waals surface area contributed by atoms with Crippen LogP contribution in [0.5, 0.6) is 0 Å². The molecule has 0 aliphatic rings. The summed E-state index contributed by atoms with van der Waals surface area (Å²) in [5.74, 6) is 0. The molecule has 78 valence electrons. The van der Waals surface area contributed by atoms with Crippen molar-refractivity contribution in [3.63, 3.8) is 0 Å². The highest BCUT2D eigenvalue weighted by Gasteiger charge is 2.29. The summed E-state index contributed by atoms with van der Waals surface area (Å²) in [5.41, 5.74) is 5.73. The first-order chi connectivity index (χ1) is 6.39. The molecular formula is C10H12F3N. The summed E-state index contributed by atoms with van der Waals surface area (Å²) in [4.78, 5) is 0. The molecule has 1 aromatic carbocycles. The largest absolute Gasteiger partial charge is 0.416 e. The number of hydrogen-bond acceptors (Lipinski definition) is 1. The molecule has 1 rings (SSSR count). The van der Waals surface area contributed by atoms with Crippen LogP contribution >= 0.6 is 0 Å². The van der Waals surface area contributed by atoms with Gasteiger partial charge in [-0.15, -0.1) is 0 Å². The molecule has 1 nitrogen and oxygen atoms in total. The van der Waals surface area contributed by atoms with Crippen LogP contribution in [-0.2, 0) is 12.6 Å². The molecule has 0 unspecified atom stereocenters. The number of alkyl halides is 3. The Morgan fingerprint density at radius 1 is 1.21 bits per heavy atom. The Balaban J connectivity index is 2.79. The van der Waals surface area contributed by atoms with Crippen molar-refractivity contribution >= 4 is 0 Å². The zero-order valence-corrected chi connectivity index (χ0v) is 7.81. The van der Waals surface area contributed by atoms with Crippen LogP contribution in [0.4, 0.5) is 13.2 Å². The van der Waals surface area contributed by atoms with Gasteiger partial charge in [-0.2, -0.15) is 13.2 Å². The topological polar surface area (TPSA) is 26.0 Å². The van der Waals surface area contributed by atoms with Gasteiger partial charge in [0.2, 0.25) is 0 Å². The van der Waals surface area contributed by atoms with Gasteiger partial charge in [0.05, 0.1) is 5.56 Å². The maximum absolute atomic E-state index is 12.2. The minimum atomic E-state index is -4.26. The van der Waals surface area contributed by atoms with Crippen molar-refractivity contribution < 1.29 is 13.2 Å². The molecule has 4 heteroatoms. The quantitative estimate of drug-likeness (QED) is 0.785. The first kappa shape index (κ1) is 11.0. The van der Waals surface area contributed by atoms with Crippen LogP contribution in [0.15, 0.2) is 24.3 Å². The Kier molecular flexibility index (Phi) is 3.16. The van der Waals surface area contributed by atoms with Crippen LogP contribution in [0.3, 0.4) is 0 Å². The summed E-state index contributed by atoms with van der Waals surface area (Å²) >= 11 is 0. The lowest BCUT2D eigenvalue weighted by Gasteiger charge is -2.08. The van der Waals surface area contributed by atoms with E-state index in [0.717, 1.165) is 17.7 Å². The van der Waals surface area contributed by atoms with Gasteiger partial charge in [0.1, 0.15) is 0 Å². The van der Waals surface area contributed by atoms with Crippen molar-refractivity contribution in [2.45, 2.75) is 25.6 Å². The lowest BCUT2D eigenvalue weighted by molar-refractivity contribution is -0.137. The van der Waals surface area contributed by atoms with E-state index in [1.54, 1.807) is 0 Å². The molecule has 1 aromatic rings. The Morgan fingerprint density at radius 2 is 1.71 bits per heavy atom. The predicted molar refractivity (Wildman–Crippen MR) is 48.8 cm³/mol. The Morgan fingerprint density at radius 3 is 2.07 bits per heavy atom. The zero-order chi connectivity index (χ0) is 10.8. The van der Waals surface area contributed by atoms with Crippen LogP contribution in [0.25, 0.3) is 0 Å². The van der Waals surface area contributed by atoms with E-state index in [0.29, 0.717) is 6.42 Å². The van der Waals surface area contributed by atoms with E-state index in [2.05, 4.69) is 0 Å². The van der Waals surface area contributed by atoms with Crippen LogP contribution in [-0.4, -0.2) is 6.04 Å². The lowest BCUT2D eigenvalue weighted by atomic mass is 10.1. The highest BCUT2D eigenvalue weighted by atomic mass is 19.4. The molecule has 0 aliphatic carbocycles. The van der Waals surface area contributed by atoms with Gasteiger partial charge in [-0.25, -0.2) is 0 Å². The molecule has 14 heavy (non-hydrogen) atoms. The summed E-state index contributed by atoms with van der Waals surface area (Å²) < 4.78 is 36.5. The highest BCUT2D eigenvalue weighted by molar-refractivity contribution is 5.25. The maximum Gasteiger partial charge on any atom is 0.416 e. The van der Waals surface area contributed by atoms with E-state index < -0.39 is 11.7 Å². The first-order valence-corrected chi connectivity index (χ1v) is 4.31. The van der Waals surface area contributed by atoms with Crippen LogP contribution in [0.2, 0.25) is 0 Å². The fourth-order valence-electron chi connectivity index (χ4n) is 1.20. The first-order valence-electron chi connectivity index (χ1n) is 4.31. The molecule has 0 heterocycles. The van der Waals surface area contributed by atoms with Crippen molar-refractivity contribution in [2.75, 3.05) is 0 Å². The third kappa shape index (κ3) is 3.03. The summed E-state index contributed by atoms with van der Waals surface area (Å²) in [6, 6.07) is 5.06. The standard InChI is InChI=1S/C10H12F3N/c1-7(14)6-8-2-4-9(5-3-8)10(11,12)13/h2-5,7H,6,14H2,1H3/t7-/m0/s1. The van der Waals surface area contributed by atoms with Gasteiger partial charge in [0, 0.05) is 6.04 Å². The van der Waals surface area contributed by atoms with E-state index in [-0.39, 0.29) is 6.04 Å². The fourth-order valence-corrected chi connectivity index (χ4v) is 1.20. The second-order valence-corrected chi connectivity index (χ2v) is 3.38. The molecule has 0 bridgehead atoms. The second kappa shape index (κ2) is 4.00. The SMILES string of the molecule is C[C@H](N)Cc1ccc(C(F)(F)F)cc1. The summed E-state index contributed by atoms with van der Waals surface area (Å²) in [6.45, 7) is 1.82. The monoisotopic (exact) mass is 203 g/mol. The van der Waals surface area contributed by atoms with Gasteiger partial charge in [0.25, 0.3) is 0 Å². The highest BCUT2D eigenvalue weighted by Crippen LogP contribution is 2.29. The van der Waals surface area contributed by atoms with Crippen molar-refractivity contribution in [1.29, 1.82) is 0 Å². The van der Waals surface area contributed by atoms with E-state index in [9.17, 15) is 13.2 Å². The van der Waals surface area contributed by atoms with Crippen LogP contribution in [0.1, 0.15) is 18.1 Å². The molecule has 2 N–H and O–H groups in total. The number of rotatable bonds is 2. The van der Waals surface area contributed by atoms with Gasteiger partial charge >= 0.3 is 6.18 Å². The number of hydrogen-bond donors (Lipinski definition) is 1. The number of halogens is 3. The third-order valence-corrected chi connectivity index (χ3v) is 1.84. The van der Waals surface area contributed by atoms with Crippen molar-refractivity contribution in [3.8, 4) is 0 Å². The van der Waals surface area contributed by atoms with Crippen molar-refractivity contribution in [2.24, 2.45) is 5.73 Å². The Labute approximate surface area is 80.7 Å². The molecular weight excluding hydrogens is 191 g/mol. The average Bonchev–Trinajstić information content (AvgIpc) is 2.02. The van der Waals surface area contributed by atoms with E-state index in [4.69, 9.17) is 5.73 Å². The van der Waals surface area contributed by atoms with E-state index in [1.807, 2.05) is 6.92 Å². The van der Waals surface area contributed by atoms with E-state index in [1.165, 1.54) is 12.1 Å². The Hall–Kier alpha value is -1.03. The molecule has 0 fully saturated rings. The number of nitrogens with two attached hydrogens (primary N) is 1. The normalized spacial score (nSPS) is 14.1. The van der Waals surface area contributed by atoms with Gasteiger partial charge < -0.3 is 5.73 Å². The van der Waals surface area contributed by atoms with Crippen LogP contribution in [0, 0.1) is 0 Å². The molecule has 0 aliphatic heterocycles. The van der Waals surface area contributed by atoms with Gasteiger partial charge in [0.15, 0.2) is 0 Å². The van der Waals surface area contributed by atoms with Crippen molar-refractivity contribution in [1.82, 2.24) is 0 Å². The molecule has 0 radical (unpaired) electrons. The van der Waals surface area contributed by atoms with Gasteiger partial charge in [-0.1, -0.05) is 12.1 Å². The summed E-state index contributed by atoms with van der Waals surface area (Å²) in [6.07, 6.45) is -3.66. The summed E-state index contributed by atoms with van der Waals surface area (Å²) in [7, 11) is 0. The number of benzene rings is 1. The average molecular weight is 203 g/mol. The third-order valence-electron chi connectivity index (χ3n) is 1.84. The van der Waals surface area contributed by atoms with Gasteiger partial charge in [-0.05, 0) is 31.0 Å². The smallest absolute Gasteiger partial charge is 0.328 e. The lowest BCUT2D eigenvalue weighted by Crippen LogP contribution is -2.17. The zero-order valence-electron chi connectivity index (χ0n) is 7.81. The molecule has 0 saturated carbocycles. The summed E-state index contributed by atoms with van der Waals surface area (Å²) in [5, 5.41) is 0. The Bertz CT molecular complexity index is 287. The molecule has 0 amide bonds. The van der Waals surface area contributed by atoms with Gasteiger partial charge in [-0.3, -0.25) is 0 Å². The second-order valence-electron chi connectivity index (χ2n) is 3.38. The molecule has 0 aromatic heterocycles. The maximum atomic E-state index is 12.2. The minimum Gasteiger partial charge on any atom is -0.328 e. The van der Waals surface area contributed by atoms with Crippen molar-refractivity contribution in [3.05, 3.63) is 35.4 Å². The predicted octanol–water partition coefficient (Wildman–Crippen LogP) is 2.60. The van der Waals surface area contributed by atoms with E-state index >= 15 is 0 Å².